The zero-order valence-corrected chi connectivity index (χ0v) is 14.3. The fourth-order valence-electron chi connectivity index (χ4n) is 2.72. The molecule has 0 aliphatic carbocycles. The molecule has 1 saturated heterocycles. The fraction of sp³-hybridized carbons (Fsp3) is 0.278. The fourth-order valence-corrected chi connectivity index (χ4v) is 3.39. The highest BCUT2D eigenvalue weighted by molar-refractivity contribution is 7.99. The minimum absolute atomic E-state index is 0.0352. The summed E-state index contributed by atoms with van der Waals surface area (Å²) in [5, 5.41) is 3.67. The molecule has 1 atom stereocenters. The van der Waals surface area contributed by atoms with Crippen molar-refractivity contribution in [3.05, 3.63) is 60.0 Å². The number of nitrogens with one attached hydrogen (secondary N) is 1. The van der Waals surface area contributed by atoms with Crippen LogP contribution in [0.5, 0.6) is 0 Å². The number of pyridine rings is 1. The number of aromatic nitrogens is 1. The molecule has 0 bridgehead atoms. The number of rotatable bonds is 6. The van der Waals surface area contributed by atoms with E-state index in [2.05, 4.69) is 10.3 Å². The maximum absolute atomic E-state index is 13.2. The number of carbonyl (C=O) groups excluding carboxylic acids is 2. The lowest BCUT2D eigenvalue weighted by Crippen LogP contribution is -2.38. The second-order valence-corrected chi connectivity index (χ2v) is 6.83. The summed E-state index contributed by atoms with van der Waals surface area (Å²) < 4.78 is 13.2. The van der Waals surface area contributed by atoms with E-state index in [9.17, 15) is 14.0 Å². The lowest BCUT2D eigenvalue weighted by molar-refractivity contribution is -0.128. The third kappa shape index (κ3) is 5.03. The molecule has 2 amide bonds. The molecule has 5 nitrogen and oxygen atoms in total. The van der Waals surface area contributed by atoms with Crippen LogP contribution in [0.2, 0.25) is 0 Å². The highest BCUT2D eigenvalue weighted by Gasteiger charge is 2.30. The minimum atomic E-state index is -0.319. The first-order valence-electron chi connectivity index (χ1n) is 7.95. The summed E-state index contributed by atoms with van der Waals surface area (Å²) in [4.78, 5) is 29.9. The van der Waals surface area contributed by atoms with E-state index < -0.39 is 0 Å². The summed E-state index contributed by atoms with van der Waals surface area (Å²) in [5.41, 5.74) is 0.742. The predicted molar refractivity (Wildman–Crippen MR) is 93.3 cm³/mol. The number of benzene rings is 1. The van der Waals surface area contributed by atoms with E-state index in [1.165, 1.54) is 23.9 Å². The summed E-state index contributed by atoms with van der Waals surface area (Å²) in [6, 6.07) is 11.5. The maximum Gasteiger partial charge on any atom is 0.230 e. The number of thioether (sulfide) groups is 1. The quantitative estimate of drug-likeness (QED) is 0.804. The SMILES string of the molecule is O=C(CSc1ccccn1)N[C@H]1CC(=O)N(Cc2cccc(F)c2)C1. The van der Waals surface area contributed by atoms with E-state index in [-0.39, 0.29) is 35.8 Å². The molecule has 1 N–H and O–H groups in total. The Morgan fingerprint density at radius 3 is 2.96 bits per heavy atom. The van der Waals surface area contributed by atoms with Gasteiger partial charge < -0.3 is 10.2 Å². The zero-order valence-electron chi connectivity index (χ0n) is 13.5. The number of nitrogens with zero attached hydrogens (tertiary/aromatic N) is 2. The summed E-state index contributed by atoms with van der Waals surface area (Å²) in [7, 11) is 0. The maximum atomic E-state index is 13.2. The van der Waals surface area contributed by atoms with Crippen LogP contribution in [0.1, 0.15) is 12.0 Å². The van der Waals surface area contributed by atoms with Crippen LogP contribution in [0.15, 0.2) is 53.7 Å². The number of hydrogen-bond donors (Lipinski definition) is 1. The zero-order chi connectivity index (χ0) is 17.6. The molecule has 0 saturated carbocycles. The van der Waals surface area contributed by atoms with E-state index in [4.69, 9.17) is 0 Å². The van der Waals surface area contributed by atoms with Gasteiger partial charge in [-0.05, 0) is 29.8 Å². The Hall–Kier alpha value is -2.41. The lowest BCUT2D eigenvalue weighted by atomic mass is 10.2. The van der Waals surface area contributed by atoms with Crippen LogP contribution < -0.4 is 5.32 Å². The van der Waals surface area contributed by atoms with Crippen LogP contribution >= 0.6 is 11.8 Å². The Morgan fingerprint density at radius 2 is 2.20 bits per heavy atom. The molecule has 0 spiro atoms. The highest BCUT2D eigenvalue weighted by Crippen LogP contribution is 2.17. The van der Waals surface area contributed by atoms with Crippen LogP contribution in [-0.4, -0.2) is 40.0 Å². The van der Waals surface area contributed by atoms with Crippen molar-refractivity contribution in [3.8, 4) is 0 Å². The van der Waals surface area contributed by atoms with Gasteiger partial charge in [0.2, 0.25) is 11.8 Å². The number of carbonyl (C=O) groups is 2. The minimum Gasteiger partial charge on any atom is -0.350 e. The molecule has 1 fully saturated rings. The van der Waals surface area contributed by atoms with Crippen LogP contribution in [0.25, 0.3) is 0 Å². The Kier molecular flexibility index (Phi) is 5.65. The third-order valence-electron chi connectivity index (χ3n) is 3.83. The second kappa shape index (κ2) is 8.11. The van der Waals surface area contributed by atoms with Crippen molar-refractivity contribution in [1.29, 1.82) is 0 Å². The molecule has 1 aliphatic heterocycles. The first-order chi connectivity index (χ1) is 12.1. The Balaban J connectivity index is 1.48. The summed E-state index contributed by atoms with van der Waals surface area (Å²) in [6.45, 7) is 0.793. The molecule has 130 valence electrons. The standard InChI is InChI=1S/C18H18FN3O2S/c19-14-5-3-4-13(8-14)10-22-11-15(9-18(22)24)21-16(23)12-25-17-6-1-2-7-20-17/h1-8,15H,9-12H2,(H,21,23)/t15-/m0/s1. The Labute approximate surface area is 149 Å². The van der Waals surface area contributed by atoms with Gasteiger partial charge in [0.25, 0.3) is 0 Å². The smallest absolute Gasteiger partial charge is 0.230 e. The van der Waals surface area contributed by atoms with Crippen molar-refractivity contribution in [1.82, 2.24) is 15.2 Å². The van der Waals surface area contributed by atoms with Crippen molar-refractivity contribution >= 4 is 23.6 Å². The van der Waals surface area contributed by atoms with Gasteiger partial charge in [0.1, 0.15) is 5.82 Å². The van der Waals surface area contributed by atoms with Gasteiger partial charge >= 0.3 is 0 Å². The number of amides is 2. The van der Waals surface area contributed by atoms with Gasteiger partial charge in [-0.3, -0.25) is 9.59 Å². The van der Waals surface area contributed by atoms with Crippen LogP contribution in [-0.2, 0) is 16.1 Å². The highest BCUT2D eigenvalue weighted by atomic mass is 32.2. The molecule has 1 aliphatic rings. The Morgan fingerprint density at radius 1 is 1.32 bits per heavy atom. The monoisotopic (exact) mass is 359 g/mol. The van der Waals surface area contributed by atoms with E-state index in [1.807, 2.05) is 18.2 Å². The summed E-state index contributed by atoms with van der Waals surface area (Å²) >= 11 is 1.35. The van der Waals surface area contributed by atoms with Crippen LogP contribution in [0.4, 0.5) is 4.39 Å². The van der Waals surface area contributed by atoms with Gasteiger partial charge in [-0.1, -0.05) is 30.0 Å². The van der Waals surface area contributed by atoms with Crippen molar-refractivity contribution in [2.24, 2.45) is 0 Å². The average Bonchev–Trinajstić information content (AvgIpc) is 2.93. The summed E-state index contributed by atoms with van der Waals surface area (Å²) in [5.74, 6) is -0.223. The predicted octanol–water partition coefficient (Wildman–Crippen LogP) is 2.23. The lowest BCUT2D eigenvalue weighted by Gasteiger charge is -2.17. The number of likely N-dealkylation sites (tertiary alicyclic amines) is 1. The first-order valence-corrected chi connectivity index (χ1v) is 8.94. The average molecular weight is 359 g/mol. The largest absolute Gasteiger partial charge is 0.350 e. The summed E-state index contributed by atoms with van der Waals surface area (Å²) in [6.07, 6.45) is 1.95. The molecule has 0 unspecified atom stereocenters. The molecule has 2 heterocycles. The first kappa shape index (κ1) is 17.4. The molecular weight excluding hydrogens is 341 g/mol. The van der Waals surface area contributed by atoms with Gasteiger partial charge in [0.15, 0.2) is 0 Å². The molecule has 0 radical (unpaired) electrons. The molecule has 7 heteroatoms. The number of halogens is 1. The van der Waals surface area contributed by atoms with E-state index in [1.54, 1.807) is 23.2 Å². The Bertz CT molecular complexity index is 757. The van der Waals surface area contributed by atoms with Gasteiger partial charge in [-0.15, -0.1) is 0 Å². The van der Waals surface area contributed by atoms with Crippen molar-refractivity contribution in [2.45, 2.75) is 24.0 Å². The topological polar surface area (TPSA) is 62.3 Å². The van der Waals surface area contributed by atoms with Crippen molar-refractivity contribution in [3.63, 3.8) is 0 Å². The van der Waals surface area contributed by atoms with Crippen LogP contribution in [0.3, 0.4) is 0 Å². The van der Waals surface area contributed by atoms with Gasteiger partial charge in [-0.2, -0.15) is 0 Å². The van der Waals surface area contributed by atoms with E-state index >= 15 is 0 Å². The molecule has 25 heavy (non-hydrogen) atoms. The van der Waals surface area contributed by atoms with E-state index in [0.717, 1.165) is 10.6 Å². The van der Waals surface area contributed by atoms with Crippen molar-refractivity contribution in [2.75, 3.05) is 12.3 Å². The number of hydrogen-bond acceptors (Lipinski definition) is 4. The van der Waals surface area contributed by atoms with Gasteiger partial charge in [-0.25, -0.2) is 9.37 Å². The molecule has 2 aromatic rings. The normalized spacial score (nSPS) is 16.9. The molecule has 1 aromatic carbocycles. The van der Waals surface area contributed by atoms with Gasteiger partial charge in [0.05, 0.1) is 16.8 Å². The molecule has 1 aromatic heterocycles. The molecular formula is C18H18FN3O2S. The van der Waals surface area contributed by atoms with E-state index in [0.29, 0.717) is 13.1 Å². The third-order valence-corrected chi connectivity index (χ3v) is 4.77. The van der Waals surface area contributed by atoms with Gasteiger partial charge in [0, 0.05) is 25.7 Å². The van der Waals surface area contributed by atoms with Crippen molar-refractivity contribution < 1.29 is 14.0 Å². The second-order valence-electron chi connectivity index (χ2n) is 5.83. The van der Waals surface area contributed by atoms with Crippen LogP contribution in [0, 0.1) is 5.82 Å². The molecule has 3 rings (SSSR count).